The molecule has 4 aliphatic heterocycles. The minimum absolute atomic E-state index is 0.155. The number of amides is 2. The van der Waals surface area contributed by atoms with Crippen molar-refractivity contribution in [3.63, 3.8) is 0 Å². The van der Waals surface area contributed by atoms with Crippen molar-refractivity contribution in [3.05, 3.63) is 0 Å². The lowest BCUT2D eigenvalue weighted by atomic mass is 9.92. The molecule has 0 aromatic rings. The van der Waals surface area contributed by atoms with Crippen LogP contribution in [-0.4, -0.2) is 96.0 Å². The molecule has 30 heavy (non-hydrogen) atoms. The SMILES string of the molecule is CC(C)(C)OC(=O)N1CC2CNC2C1.CCN1CC2CN(C(=O)OC(C)(C)C)CC21. The summed E-state index contributed by atoms with van der Waals surface area (Å²) in [5, 5.41) is 3.31. The Kier molecular flexibility index (Phi) is 6.58. The van der Waals surface area contributed by atoms with Gasteiger partial charge in [-0.2, -0.15) is 0 Å². The smallest absolute Gasteiger partial charge is 0.410 e. The van der Waals surface area contributed by atoms with Gasteiger partial charge in [-0.25, -0.2) is 9.59 Å². The maximum Gasteiger partial charge on any atom is 0.410 e. The van der Waals surface area contributed by atoms with Crippen LogP contribution in [0.1, 0.15) is 48.5 Å². The first-order valence-corrected chi connectivity index (χ1v) is 11.3. The van der Waals surface area contributed by atoms with E-state index in [2.05, 4.69) is 17.1 Å². The molecule has 4 unspecified atom stereocenters. The van der Waals surface area contributed by atoms with Crippen molar-refractivity contribution in [1.82, 2.24) is 20.0 Å². The fraction of sp³-hybridized carbons (Fsp3) is 0.909. The first kappa shape index (κ1) is 23.1. The molecule has 4 aliphatic rings. The zero-order chi connectivity index (χ0) is 22.3. The van der Waals surface area contributed by atoms with E-state index in [4.69, 9.17) is 9.47 Å². The van der Waals surface area contributed by atoms with Crippen molar-refractivity contribution in [3.8, 4) is 0 Å². The summed E-state index contributed by atoms with van der Waals surface area (Å²) in [6.07, 6.45) is -0.327. The molecule has 0 aromatic carbocycles. The summed E-state index contributed by atoms with van der Waals surface area (Å²) in [4.78, 5) is 29.6. The fourth-order valence-electron chi connectivity index (χ4n) is 4.51. The molecule has 4 saturated heterocycles. The average Bonchev–Trinajstić information content (AvgIpc) is 3.04. The topological polar surface area (TPSA) is 74.4 Å². The van der Waals surface area contributed by atoms with Crippen LogP contribution in [0, 0.1) is 11.8 Å². The molecular formula is C22H40N4O4. The van der Waals surface area contributed by atoms with Gasteiger partial charge in [0.2, 0.25) is 0 Å². The van der Waals surface area contributed by atoms with Gasteiger partial charge in [0.1, 0.15) is 11.2 Å². The molecule has 0 bridgehead atoms. The summed E-state index contributed by atoms with van der Waals surface area (Å²) in [7, 11) is 0. The Hall–Kier alpha value is -1.54. The van der Waals surface area contributed by atoms with Crippen LogP contribution in [0.4, 0.5) is 9.59 Å². The standard InChI is InChI=1S/C12H22N2O2.C10H18N2O2/c1-5-13-6-9-7-14(8-10(9)13)11(15)16-12(2,3)4;1-10(2,3)14-9(13)12-5-7-4-11-8(7)6-12/h9-10H,5-8H2,1-4H3;7-8,11H,4-6H2,1-3H3. The maximum absolute atomic E-state index is 11.9. The highest BCUT2D eigenvalue weighted by molar-refractivity contribution is 5.69. The molecule has 8 nitrogen and oxygen atoms in total. The summed E-state index contributed by atoms with van der Waals surface area (Å²) in [5.74, 6) is 1.33. The summed E-state index contributed by atoms with van der Waals surface area (Å²) < 4.78 is 10.7. The highest BCUT2D eigenvalue weighted by Crippen LogP contribution is 2.32. The van der Waals surface area contributed by atoms with Gasteiger partial charge < -0.3 is 24.6 Å². The normalized spacial score (nSPS) is 30.4. The van der Waals surface area contributed by atoms with Crippen LogP contribution in [-0.2, 0) is 9.47 Å². The zero-order valence-corrected chi connectivity index (χ0v) is 19.7. The Morgan fingerprint density at radius 2 is 1.37 bits per heavy atom. The molecule has 4 rings (SSSR count). The number of likely N-dealkylation sites (N-methyl/N-ethyl adjacent to an activating group) is 1. The number of nitrogens with one attached hydrogen (secondary N) is 1. The summed E-state index contributed by atoms with van der Waals surface area (Å²) in [6.45, 7) is 20.2. The van der Waals surface area contributed by atoms with Gasteiger partial charge in [0, 0.05) is 63.2 Å². The van der Waals surface area contributed by atoms with E-state index in [9.17, 15) is 9.59 Å². The van der Waals surface area contributed by atoms with Gasteiger partial charge in [-0.15, -0.1) is 0 Å². The Morgan fingerprint density at radius 1 is 0.833 bits per heavy atom. The largest absolute Gasteiger partial charge is 0.444 e. The lowest BCUT2D eigenvalue weighted by Gasteiger charge is -2.42. The van der Waals surface area contributed by atoms with Gasteiger partial charge in [0.25, 0.3) is 0 Å². The number of rotatable bonds is 1. The number of nitrogens with zero attached hydrogens (tertiary/aromatic N) is 3. The molecule has 1 N–H and O–H groups in total. The third-order valence-electron chi connectivity index (χ3n) is 6.14. The molecule has 4 atom stereocenters. The van der Waals surface area contributed by atoms with Gasteiger partial charge in [-0.3, -0.25) is 4.90 Å². The number of hydrogen-bond donors (Lipinski definition) is 1. The molecule has 8 heteroatoms. The second-order valence-corrected chi connectivity index (χ2v) is 11.0. The van der Waals surface area contributed by atoms with Crippen LogP contribution in [0.5, 0.6) is 0 Å². The van der Waals surface area contributed by atoms with Gasteiger partial charge in [-0.1, -0.05) is 6.92 Å². The molecule has 4 heterocycles. The molecule has 4 fully saturated rings. The van der Waals surface area contributed by atoms with E-state index in [0.717, 1.165) is 45.8 Å². The Morgan fingerprint density at radius 3 is 1.77 bits per heavy atom. The molecule has 0 aliphatic carbocycles. The molecular weight excluding hydrogens is 384 g/mol. The van der Waals surface area contributed by atoms with E-state index in [-0.39, 0.29) is 23.4 Å². The van der Waals surface area contributed by atoms with E-state index >= 15 is 0 Å². The van der Waals surface area contributed by atoms with E-state index in [1.54, 1.807) is 4.90 Å². The number of carbonyl (C=O) groups is 2. The van der Waals surface area contributed by atoms with Crippen molar-refractivity contribution >= 4 is 12.2 Å². The van der Waals surface area contributed by atoms with E-state index in [1.807, 2.05) is 46.4 Å². The first-order valence-electron chi connectivity index (χ1n) is 11.3. The maximum atomic E-state index is 11.9. The summed E-state index contributed by atoms with van der Waals surface area (Å²) in [6, 6.07) is 1.10. The van der Waals surface area contributed by atoms with Crippen LogP contribution < -0.4 is 5.32 Å². The van der Waals surface area contributed by atoms with Crippen LogP contribution in [0.15, 0.2) is 0 Å². The number of carbonyl (C=O) groups excluding carboxylic acids is 2. The second-order valence-electron chi connectivity index (χ2n) is 11.0. The molecule has 0 aromatic heterocycles. The van der Waals surface area contributed by atoms with Gasteiger partial charge in [0.05, 0.1) is 0 Å². The second kappa shape index (κ2) is 8.54. The van der Waals surface area contributed by atoms with Crippen LogP contribution in [0.3, 0.4) is 0 Å². The van der Waals surface area contributed by atoms with Crippen molar-refractivity contribution in [2.45, 2.75) is 71.8 Å². The average molecular weight is 425 g/mol. The Labute approximate surface area is 181 Å². The number of likely N-dealkylation sites (tertiary alicyclic amines) is 3. The number of fused-ring (bicyclic) bond motifs is 2. The van der Waals surface area contributed by atoms with E-state index in [1.165, 1.54) is 0 Å². The van der Waals surface area contributed by atoms with Crippen molar-refractivity contribution in [2.75, 3.05) is 45.8 Å². The number of ether oxygens (including phenoxy) is 2. The van der Waals surface area contributed by atoms with Crippen molar-refractivity contribution in [2.24, 2.45) is 11.8 Å². The Bertz CT molecular complexity index is 630. The van der Waals surface area contributed by atoms with E-state index < -0.39 is 0 Å². The third kappa shape index (κ3) is 5.58. The molecule has 0 spiro atoms. The highest BCUT2D eigenvalue weighted by atomic mass is 16.6. The molecule has 0 saturated carbocycles. The quantitative estimate of drug-likeness (QED) is 0.697. The molecule has 2 amide bonds. The van der Waals surface area contributed by atoms with Crippen LogP contribution in [0.2, 0.25) is 0 Å². The minimum atomic E-state index is -0.386. The number of hydrogen-bond acceptors (Lipinski definition) is 6. The van der Waals surface area contributed by atoms with Crippen molar-refractivity contribution in [1.29, 1.82) is 0 Å². The summed E-state index contributed by atoms with van der Waals surface area (Å²) in [5.41, 5.74) is -0.769. The zero-order valence-electron chi connectivity index (χ0n) is 19.7. The van der Waals surface area contributed by atoms with E-state index in [0.29, 0.717) is 23.9 Å². The fourth-order valence-corrected chi connectivity index (χ4v) is 4.51. The summed E-state index contributed by atoms with van der Waals surface area (Å²) >= 11 is 0. The monoisotopic (exact) mass is 424 g/mol. The minimum Gasteiger partial charge on any atom is -0.444 e. The predicted octanol–water partition coefficient (Wildman–Crippen LogP) is 2.38. The Balaban J connectivity index is 0.000000172. The van der Waals surface area contributed by atoms with Crippen LogP contribution >= 0.6 is 0 Å². The third-order valence-corrected chi connectivity index (χ3v) is 6.14. The van der Waals surface area contributed by atoms with Gasteiger partial charge in [0.15, 0.2) is 0 Å². The van der Waals surface area contributed by atoms with Gasteiger partial charge >= 0.3 is 12.2 Å². The highest BCUT2D eigenvalue weighted by Gasteiger charge is 2.46. The molecule has 0 radical (unpaired) electrons. The van der Waals surface area contributed by atoms with Crippen LogP contribution in [0.25, 0.3) is 0 Å². The lowest BCUT2D eigenvalue weighted by Crippen LogP contribution is -2.55. The predicted molar refractivity (Wildman–Crippen MR) is 115 cm³/mol. The molecule has 172 valence electrons. The first-order chi connectivity index (χ1) is 13.9. The lowest BCUT2D eigenvalue weighted by molar-refractivity contribution is 0.0278. The van der Waals surface area contributed by atoms with Gasteiger partial charge in [-0.05, 0) is 48.1 Å². The van der Waals surface area contributed by atoms with Crippen molar-refractivity contribution < 1.29 is 19.1 Å².